The molecule has 34 heavy (non-hydrogen) atoms. The molecule has 9 N–H and O–H groups in total. The summed E-state index contributed by atoms with van der Waals surface area (Å²) in [5.41, 5.74) is 15.8. The number of imidazole rings is 1. The van der Waals surface area contributed by atoms with Gasteiger partial charge >= 0.3 is 5.97 Å². The molecule has 0 aliphatic carbocycles. The zero-order valence-corrected chi connectivity index (χ0v) is 18.7. The molecule has 9 nitrogen and oxygen atoms in total. The highest BCUT2D eigenvalue weighted by Crippen LogP contribution is 2.39. The van der Waals surface area contributed by atoms with Crippen molar-refractivity contribution in [3.8, 4) is 28.3 Å². The van der Waals surface area contributed by atoms with Gasteiger partial charge in [0, 0.05) is 17.7 Å². The number of nitrogens with one attached hydrogen (secondary N) is 3. The molecule has 0 unspecified atom stereocenters. The third-order valence-electron chi connectivity index (χ3n) is 5.28. The number of H-pyrrole nitrogens is 1. The Balaban J connectivity index is 1.84. The first-order valence-electron chi connectivity index (χ1n) is 10.3. The second-order valence-corrected chi connectivity index (χ2v) is 8.20. The molecule has 1 aromatic heterocycles. The number of nitrogens with two attached hydrogens (primary N) is 2. The standard InChI is InChI=1S/C24H22N6O3S/c25-22(26)15-4-5-18-19(10-15)30-23(29-18)17-8-13(9-20(31)32)7-16(21(17)33)14-3-1-2-12(6-14)11-28-24(27)34/h1-8,10,33H,9,11H2,(H3,25,26)(H,29,30)(H,31,32)(H3,27,28,34). The fraction of sp³-hybridized carbons (Fsp3) is 0.0833. The number of phenols is 1. The van der Waals surface area contributed by atoms with Crippen LogP contribution in [0, 0.1) is 5.41 Å². The van der Waals surface area contributed by atoms with E-state index in [1.54, 1.807) is 30.3 Å². The summed E-state index contributed by atoms with van der Waals surface area (Å²) < 4.78 is 0. The van der Waals surface area contributed by atoms with Crippen LogP contribution in [0.3, 0.4) is 0 Å². The number of amidine groups is 1. The molecular formula is C24H22N6O3S. The van der Waals surface area contributed by atoms with Crippen molar-refractivity contribution in [2.45, 2.75) is 13.0 Å². The molecule has 0 aliphatic rings. The van der Waals surface area contributed by atoms with E-state index >= 15 is 0 Å². The van der Waals surface area contributed by atoms with Crippen molar-refractivity contribution in [3.05, 3.63) is 71.3 Å². The van der Waals surface area contributed by atoms with Crippen LogP contribution in [0.15, 0.2) is 54.6 Å². The first kappa shape index (κ1) is 22.7. The quantitative estimate of drug-likeness (QED) is 0.122. The summed E-state index contributed by atoms with van der Waals surface area (Å²) in [5.74, 6) is -0.745. The van der Waals surface area contributed by atoms with Gasteiger partial charge in [-0.2, -0.15) is 0 Å². The van der Waals surface area contributed by atoms with E-state index in [1.807, 2.05) is 24.3 Å². The molecule has 0 amide bonds. The molecule has 172 valence electrons. The van der Waals surface area contributed by atoms with Gasteiger partial charge < -0.3 is 32.0 Å². The van der Waals surface area contributed by atoms with E-state index in [9.17, 15) is 15.0 Å². The van der Waals surface area contributed by atoms with Crippen molar-refractivity contribution in [3.63, 3.8) is 0 Å². The minimum atomic E-state index is -0.993. The van der Waals surface area contributed by atoms with Gasteiger partial charge in [0.05, 0.1) is 23.0 Å². The smallest absolute Gasteiger partial charge is 0.307 e. The lowest BCUT2D eigenvalue weighted by molar-refractivity contribution is -0.136. The van der Waals surface area contributed by atoms with E-state index in [2.05, 4.69) is 15.3 Å². The maximum Gasteiger partial charge on any atom is 0.307 e. The highest BCUT2D eigenvalue weighted by Gasteiger charge is 2.18. The van der Waals surface area contributed by atoms with Crippen molar-refractivity contribution < 1.29 is 15.0 Å². The van der Waals surface area contributed by atoms with Crippen LogP contribution in [-0.4, -0.2) is 37.1 Å². The number of nitrogens with zero attached hydrogens (tertiary/aromatic N) is 1. The molecular weight excluding hydrogens is 452 g/mol. The number of hydrogen-bond donors (Lipinski definition) is 7. The zero-order valence-electron chi connectivity index (χ0n) is 17.9. The Morgan fingerprint density at radius 1 is 1.09 bits per heavy atom. The van der Waals surface area contributed by atoms with E-state index in [0.29, 0.717) is 51.2 Å². The number of aliphatic carboxylic acids is 1. The number of thiocarbonyl (C=S) groups is 1. The van der Waals surface area contributed by atoms with Crippen molar-refractivity contribution in [2.24, 2.45) is 11.5 Å². The molecule has 4 aromatic rings. The van der Waals surface area contributed by atoms with Crippen LogP contribution in [0.2, 0.25) is 0 Å². The SMILES string of the molecule is N=C(N)c1ccc2[nH]c(-c3cc(CC(=O)O)cc(-c4cccc(CNC(N)=S)c4)c3O)nc2c1. The lowest BCUT2D eigenvalue weighted by Crippen LogP contribution is -2.28. The van der Waals surface area contributed by atoms with Crippen LogP contribution in [0.4, 0.5) is 0 Å². The topological polar surface area (TPSA) is 174 Å². The zero-order chi connectivity index (χ0) is 24.4. The average Bonchev–Trinajstić information content (AvgIpc) is 3.21. The predicted octanol–water partition coefficient (Wildman–Crippen LogP) is 2.85. The number of carbonyl (C=O) groups is 1. The lowest BCUT2D eigenvalue weighted by Gasteiger charge is -2.13. The Kier molecular flexibility index (Phi) is 6.15. The summed E-state index contributed by atoms with van der Waals surface area (Å²) in [4.78, 5) is 19.2. The van der Waals surface area contributed by atoms with E-state index in [4.69, 9.17) is 29.1 Å². The van der Waals surface area contributed by atoms with E-state index in [1.165, 1.54) is 0 Å². The normalized spacial score (nSPS) is 10.8. The molecule has 1 heterocycles. The number of aromatic nitrogens is 2. The number of rotatable bonds is 7. The number of carboxylic acid groups (broad SMARTS) is 1. The predicted molar refractivity (Wildman–Crippen MR) is 135 cm³/mol. The summed E-state index contributed by atoms with van der Waals surface area (Å²) in [5, 5.41) is 31.3. The monoisotopic (exact) mass is 474 g/mol. The number of phenolic OH excluding ortho intramolecular Hbond substituents is 1. The molecule has 4 rings (SSSR count). The Labute approximate surface area is 200 Å². The van der Waals surface area contributed by atoms with Gasteiger partial charge in [0.1, 0.15) is 17.4 Å². The maximum absolute atomic E-state index is 11.4. The maximum atomic E-state index is 11.4. The van der Waals surface area contributed by atoms with Crippen molar-refractivity contribution in [2.75, 3.05) is 0 Å². The summed E-state index contributed by atoms with van der Waals surface area (Å²) in [7, 11) is 0. The lowest BCUT2D eigenvalue weighted by atomic mass is 9.95. The van der Waals surface area contributed by atoms with Gasteiger partial charge in [0.15, 0.2) is 5.11 Å². The third kappa shape index (κ3) is 4.81. The van der Waals surface area contributed by atoms with Crippen LogP contribution in [0.25, 0.3) is 33.5 Å². The molecule has 0 saturated heterocycles. The van der Waals surface area contributed by atoms with Gasteiger partial charge in [0.25, 0.3) is 0 Å². The molecule has 0 saturated carbocycles. The van der Waals surface area contributed by atoms with Crippen LogP contribution in [0.1, 0.15) is 16.7 Å². The Morgan fingerprint density at radius 2 is 1.85 bits per heavy atom. The van der Waals surface area contributed by atoms with E-state index in [-0.39, 0.29) is 23.1 Å². The van der Waals surface area contributed by atoms with E-state index in [0.717, 1.165) is 5.56 Å². The Morgan fingerprint density at radius 3 is 2.56 bits per heavy atom. The van der Waals surface area contributed by atoms with Gasteiger partial charge in [0.2, 0.25) is 0 Å². The molecule has 3 aromatic carbocycles. The first-order chi connectivity index (χ1) is 16.2. The van der Waals surface area contributed by atoms with Gasteiger partial charge in [-0.3, -0.25) is 10.2 Å². The fourth-order valence-electron chi connectivity index (χ4n) is 3.71. The summed E-state index contributed by atoms with van der Waals surface area (Å²) in [6.07, 6.45) is -0.225. The molecule has 0 atom stereocenters. The van der Waals surface area contributed by atoms with Crippen LogP contribution in [0.5, 0.6) is 5.75 Å². The number of aromatic amines is 1. The highest BCUT2D eigenvalue weighted by atomic mass is 32.1. The Hall–Kier alpha value is -4.44. The minimum Gasteiger partial charge on any atom is -0.507 e. The minimum absolute atomic E-state index is 0.0422. The average molecular weight is 475 g/mol. The van der Waals surface area contributed by atoms with Crippen molar-refractivity contribution >= 4 is 40.2 Å². The number of aromatic hydroxyl groups is 1. The molecule has 10 heteroatoms. The first-order valence-corrected chi connectivity index (χ1v) is 10.7. The van der Waals surface area contributed by atoms with Crippen LogP contribution >= 0.6 is 12.2 Å². The molecule has 0 radical (unpaired) electrons. The Bertz CT molecular complexity index is 1450. The van der Waals surface area contributed by atoms with Gasteiger partial charge in [-0.15, -0.1) is 0 Å². The van der Waals surface area contributed by atoms with Crippen LogP contribution in [-0.2, 0) is 17.8 Å². The highest BCUT2D eigenvalue weighted by molar-refractivity contribution is 7.80. The second kappa shape index (κ2) is 9.20. The summed E-state index contributed by atoms with van der Waals surface area (Å²) >= 11 is 4.86. The summed E-state index contributed by atoms with van der Waals surface area (Å²) in [6, 6.07) is 15.8. The molecule has 0 aliphatic heterocycles. The van der Waals surface area contributed by atoms with Crippen LogP contribution < -0.4 is 16.8 Å². The van der Waals surface area contributed by atoms with Crippen molar-refractivity contribution in [1.29, 1.82) is 5.41 Å². The third-order valence-corrected chi connectivity index (χ3v) is 5.42. The summed E-state index contributed by atoms with van der Waals surface area (Å²) in [6.45, 7) is 0.410. The van der Waals surface area contributed by atoms with Gasteiger partial charge in [-0.25, -0.2) is 4.98 Å². The van der Waals surface area contributed by atoms with Crippen molar-refractivity contribution in [1.82, 2.24) is 15.3 Å². The molecule has 0 fully saturated rings. The number of hydrogen-bond acceptors (Lipinski definition) is 5. The molecule has 0 bridgehead atoms. The fourth-order valence-corrected chi connectivity index (χ4v) is 3.78. The number of carboxylic acids is 1. The van der Waals surface area contributed by atoms with Gasteiger partial charge in [-0.1, -0.05) is 18.2 Å². The molecule has 0 spiro atoms. The van der Waals surface area contributed by atoms with Gasteiger partial charge in [-0.05, 0) is 65.3 Å². The van der Waals surface area contributed by atoms with E-state index < -0.39 is 5.97 Å². The number of fused-ring (bicyclic) bond motifs is 1. The number of nitrogen functional groups attached to an aromatic ring is 1. The number of benzene rings is 3. The second-order valence-electron chi connectivity index (χ2n) is 7.76. The largest absolute Gasteiger partial charge is 0.507 e.